The highest BCUT2D eigenvalue weighted by Crippen LogP contribution is 2.14. The van der Waals surface area contributed by atoms with E-state index in [2.05, 4.69) is 17.2 Å². The van der Waals surface area contributed by atoms with Crippen LogP contribution < -0.4 is 5.32 Å². The fraction of sp³-hybridized carbons (Fsp3) is 0.133. The first-order valence-corrected chi connectivity index (χ1v) is 6.88. The van der Waals surface area contributed by atoms with Crippen molar-refractivity contribution in [3.63, 3.8) is 0 Å². The van der Waals surface area contributed by atoms with Crippen molar-refractivity contribution in [2.45, 2.75) is 6.54 Å². The zero-order valence-electron chi connectivity index (χ0n) is 10.8. The Balaban J connectivity index is 1.98. The number of benzene rings is 1. The molecule has 21 heavy (non-hydrogen) atoms. The van der Waals surface area contributed by atoms with Crippen LogP contribution in [0.4, 0.5) is 8.78 Å². The van der Waals surface area contributed by atoms with Crippen LogP contribution in [-0.4, -0.2) is 17.6 Å². The second kappa shape index (κ2) is 6.97. The summed E-state index contributed by atoms with van der Waals surface area (Å²) >= 11 is 1.29. The number of carbonyl (C=O) groups is 1. The number of nitrogens with one attached hydrogen (secondary N) is 1. The van der Waals surface area contributed by atoms with E-state index < -0.39 is 11.6 Å². The largest absolute Gasteiger partial charge is 0.384 e. The Morgan fingerprint density at radius 2 is 2.10 bits per heavy atom. The smallest absolute Gasteiger partial charge is 0.252 e. The van der Waals surface area contributed by atoms with E-state index in [0.717, 1.165) is 12.1 Å². The highest BCUT2D eigenvalue weighted by Gasteiger charge is 2.08. The molecular formula is C15H11F2NO2S. The molecule has 1 heterocycles. The van der Waals surface area contributed by atoms with Gasteiger partial charge in [0, 0.05) is 11.9 Å². The number of carbonyl (C=O) groups excluding carboxylic acids is 1. The Morgan fingerprint density at radius 1 is 1.29 bits per heavy atom. The van der Waals surface area contributed by atoms with Gasteiger partial charge in [-0.15, -0.1) is 11.3 Å². The molecule has 0 aliphatic carbocycles. The molecule has 6 heteroatoms. The maximum atomic E-state index is 13.0. The normalized spacial score (nSPS) is 9.86. The molecule has 1 aromatic carbocycles. The summed E-state index contributed by atoms with van der Waals surface area (Å²) in [6.07, 6.45) is 0. The first kappa shape index (κ1) is 15.2. The summed E-state index contributed by atoms with van der Waals surface area (Å²) in [6, 6.07) is 5.07. The second-order valence-corrected chi connectivity index (χ2v) is 5.00. The van der Waals surface area contributed by atoms with Gasteiger partial charge in [0.1, 0.15) is 6.61 Å². The van der Waals surface area contributed by atoms with Gasteiger partial charge in [-0.05, 0) is 23.8 Å². The molecule has 0 unspecified atom stereocenters. The molecule has 0 saturated carbocycles. The van der Waals surface area contributed by atoms with E-state index in [1.54, 1.807) is 11.4 Å². The Labute approximate surface area is 124 Å². The first-order valence-electron chi connectivity index (χ1n) is 6.00. The van der Waals surface area contributed by atoms with Gasteiger partial charge in [-0.2, -0.15) is 0 Å². The Morgan fingerprint density at radius 3 is 2.81 bits per heavy atom. The number of aliphatic hydroxyl groups is 1. The second-order valence-electron chi connectivity index (χ2n) is 4.09. The Bertz CT molecular complexity index is 716. The molecule has 0 bridgehead atoms. The maximum absolute atomic E-state index is 13.0. The monoisotopic (exact) mass is 307 g/mol. The minimum atomic E-state index is -0.946. The van der Waals surface area contributed by atoms with Crippen LogP contribution in [0.2, 0.25) is 0 Å². The van der Waals surface area contributed by atoms with Gasteiger partial charge in [0.2, 0.25) is 0 Å². The van der Waals surface area contributed by atoms with E-state index >= 15 is 0 Å². The molecule has 2 aromatic rings. The minimum absolute atomic E-state index is 0.101. The van der Waals surface area contributed by atoms with Crippen LogP contribution in [0.3, 0.4) is 0 Å². The molecule has 0 spiro atoms. The third-order valence-corrected chi connectivity index (χ3v) is 3.44. The highest BCUT2D eigenvalue weighted by molar-refractivity contribution is 7.10. The van der Waals surface area contributed by atoms with E-state index in [4.69, 9.17) is 5.11 Å². The number of hydrogen-bond acceptors (Lipinski definition) is 3. The van der Waals surface area contributed by atoms with E-state index in [1.165, 1.54) is 17.4 Å². The lowest BCUT2D eigenvalue weighted by Crippen LogP contribution is -2.22. The number of aliphatic hydroxyl groups excluding tert-OH is 1. The number of hydrogen-bond donors (Lipinski definition) is 2. The van der Waals surface area contributed by atoms with E-state index in [1.807, 2.05) is 0 Å². The number of halogens is 2. The quantitative estimate of drug-likeness (QED) is 0.855. The van der Waals surface area contributed by atoms with Gasteiger partial charge in [0.25, 0.3) is 5.91 Å². The molecule has 0 aliphatic rings. The lowest BCUT2D eigenvalue weighted by Gasteiger charge is -2.04. The highest BCUT2D eigenvalue weighted by atomic mass is 32.1. The van der Waals surface area contributed by atoms with Crippen molar-refractivity contribution in [2.75, 3.05) is 6.61 Å². The zero-order valence-corrected chi connectivity index (χ0v) is 11.6. The molecule has 2 rings (SSSR count). The molecule has 0 atom stereocenters. The molecule has 0 aliphatic heterocycles. The van der Waals surface area contributed by atoms with Crippen molar-refractivity contribution in [1.82, 2.24) is 5.32 Å². The lowest BCUT2D eigenvalue weighted by atomic mass is 10.2. The van der Waals surface area contributed by atoms with Crippen molar-refractivity contribution in [3.05, 3.63) is 57.3 Å². The molecule has 1 amide bonds. The van der Waals surface area contributed by atoms with Gasteiger partial charge in [-0.25, -0.2) is 8.78 Å². The SMILES string of the molecule is O=C(NCc1ccc(F)c(F)c1)c1csc(C#CCO)c1. The molecule has 0 radical (unpaired) electrons. The molecule has 2 N–H and O–H groups in total. The van der Waals surface area contributed by atoms with E-state index in [-0.39, 0.29) is 19.1 Å². The van der Waals surface area contributed by atoms with Gasteiger partial charge in [-0.3, -0.25) is 4.79 Å². The van der Waals surface area contributed by atoms with Crippen LogP contribution in [0.1, 0.15) is 20.8 Å². The third-order valence-electron chi connectivity index (χ3n) is 2.59. The predicted molar refractivity (Wildman–Crippen MR) is 75.8 cm³/mol. The fourth-order valence-corrected chi connectivity index (χ4v) is 2.34. The van der Waals surface area contributed by atoms with E-state index in [0.29, 0.717) is 16.0 Å². The molecule has 3 nitrogen and oxygen atoms in total. The lowest BCUT2D eigenvalue weighted by molar-refractivity contribution is 0.0951. The molecule has 0 fully saturated rings. The van der Waals surface area contributed by atoms with Crippen LogP contribution in [0.5, 0.6) is 0 Å². The number of thiophene rings is 1. The summed E-state index contributed by atoms with van der Waals surface area (Å²) in [5, 5.41) is 12.8. The average Bonchev–Trinajstić information content (AvgIpc) is 2.95. The zero-order chi connectivity index (χ0) is 15.2. The average molecular weight is 307 g/mol. The molecular weight excluding hydrogens is 296 g/mol. The standard InChI is InChI=1S/C15H11F2NO2S/c16-13-4-3-10(6-14(13)17)8-18-15(20)11-7-12(21-9-11)2-1-5-19/h3-4,6-7,9,19H,5,8H2,(H,18,20). The first-order chi connectivity index (χ1) is 10.1. The fourth-order valence-electron chi connectivity index (χ4n) is 1.58. The predicted octanol–water partition coefficient (Wildman–Crippen LogP) is 2.30. The van der Waals surface area contributed by atoms with Gasteiger partial charge >= 0.3 is 0 Å². The van der Waals surface area contributed by atoms with Crippen LogP contribution in [0.25, 0.3) is 0 Å². The van der Waals surface area contributed by atoms with Gasteiger partial charge < -0.3 is 10.4 Å². The van der Waals surface area contributed by atoms with Crippen molar-refractivity contribution in [3.8, 4) is 11.8 Å². The van der Waals surface area contributed by atoms with Crippen LogP contribution in [-0.2, 0) is 6.54 Å². The van der Waals surface area contributed by atoms with Crippen LogP contribution in [0, 0.1) is 23.5 Å². The summed E-state index contributed by atoms with van der Waals surface area (Å²) in [6.45, 7) is -0.140. The Kier molecular flexibility index (Phi) is 5.04. The third kappa shape index (κ3) is 4.12. The van der Waals surface area contributed by atoms with Crippen LogP contribution in [0.15, 0.2) is 29.6 Å². The van der Waals surface area contributed by atoms with Crippen molar-refractivity contribution in [1.29, 1.82) is 0 Å². The number of rotatable bonds is 3. The molecule has 0 saturated heterocycles. The van der Waals surface area contributed by atoms with Gasteiger partial charge in [0.05, 0.1) is 10.4 Å². The topological polar surface area (TPSA) is 49.3 Å². The maximum Gasteiger partial charge on any atom is 0.252 e. The van der Waals surface area contributed by atoms with E-state index in [9.17, 15) is 13.6 Å². The minimum Gasteiger partial charge on any atom is -0.384 e. The van der Waals surface area contributed by atoms with Crippen molar-refractivity contribution in [2.24, 2.45) is 0 Å². The van der Waals surface area contributed by atoms with Crippen molar-refractivity contribution < 1.29 is 18.7 Å². The number of amides is 1. The molecule has 1 aromatic heterocycles. The van der Waals surface area contributed by atoms with Crippen molar-refractivity contribution >= 4 is 17.2 Å². The summed E-state index contributed by atoms with van der Waals surface area (Å²) < 4.78 is 25.8. The van der Waals surface area contributed by atoms with Gasteiger partial charge in [0.15, 0.2) is 11.6 Å². The summed E-state index contributed by atoms with van der Waals surface area (Å²) in [7, 11) is 0. The Hall–Kier alpha value is -2.23. The van der Waals surface area contributed by atoms with Crippen LogP contribution >= 0.6 is 11.3 Å². The summed E-state index contributed by atoms with van der Waals surface area (Å²) in [5.74, 6) is 3.00. The molecule has 108 valence electrons. The van der Waals surface area contributed by atoms with Gasteiger partial charge in [-0.1, -0.05) is 17.9 Å². The summed E-state index contributed by atoms with van der Waals surface area (Å²) in [4.78, 5) is 12.6. The summed E-state index contributed by atoms with van der Waals surface area (Å²) in [5.41, 5.74) is 0.905.